The Morgan fingerprint density at radius 2 is 2.23 bits per heavy atom. The van der Waals surface area contributed by atoms with E-state index >= 15 is 4.39 Å². The second-order valence-corrected chi connectivity index (χ2v) is 8.31. The van der Waals surface area contributed by atoms with E-state index in [1.807, 2.05) is 13.0 Å². The van der Waals surface area contributed by atoms with Gasteiger partial charge in [-0.15, -0.1) is 10.2 Å². The number of aromatic hydroxyl groups is 1. The highest BCUT2D eigenvalue weighted by Gasteiger charge is 2.45. The third-order valence-corrected chi connectivity index (χ3v) is 6.09. The van der Waals surface area contributed by atoms with E-state index in [-0.39, 0.29) is 5.75 Å². The molecule has 3 aromatic rings. The number of halogens is 1. The summed E-state index contributed by atoms with van der Waals surface area (Å²) in [4.78, 5) is 8.35. The molecule has 2 fully saturated rings. The number of hydrogen-bond donors (Lipinski definition) is 2. The van der Waals surface area contributed by atoms with Gasteiger partial charge in [-0.05, 0) is 56.4 Å². The van der Waals surface area contributed by atoms with Gasteiger partial charge >= 0.3 is 0 Å². The Hall–Kier alpha value is -3.13. The Balaban J connectivity index is 1.39. The van der Waals surface area contributed by atoms with Crippen molar-refractivity contribution in [3.05, 3.63) is 54.4 Å². The number of nitrogens with one attached hydrogen (secondary N) is 1. The summed E-state index contributed by atoms with van der Waals surface area (Å²) in [6.07, 6.45) is 11.1. The monoisotopic (exact) mass is 406 g/mol. The van der Waals surface area contributed by atoms with Crippen molar-refractivity contribution in [1.29, 1.82) is 0 Å². The number of piperidine rings is 2. The maximum Gasteiger partial charge on any atom is 0.185 e. The first-order valence-corrected chi connectivity index (χ1v) is 10.2. The largest absolute Gasteiger partial charge is 0.507 e. The smallest absolute Gasteiger partial charge is 0.185 e. The minimum Gasteiger partial charge on any atom is -0.507 e. The molecule has 8 heteroatoms. The summed E-state index contributed by atoms with van der Waals surface area (Å²) in [5.74, 6) is 0.370. The number of phenolic OH excluding ortho intramolecular Hbond substituents is 1. The second kappa shape index (κ2) is 7.28. The van der Waals surface area contributed by atoms with E-state index in [2.05, 4.69) is 25.5 Å². The maximum atomic E-state index is 15.1. The van der Waals surface area contributed by atoms with E-state index in [0.29, 0.717) is 29.5 Å². The Morgan fingerprint density at radius 1 is 1.33 bits per heavy atom. The molecule has 0 radical (unpaired) electrons. The topological polar surface area (TPSA) is 88.8 Å². The first-order chi connectivity index (χ1) is 14.5. The van der Waals surface area contributed by atoms with E-state index in [4.69, 9.17) is 0 Å². The van der Waals surface area contributed by atoms with Crippen LogP contribution >= 0.6 is 0 Å². The Labute approximate surface area is 173 Å². The standard InChI is InChI=1S/C22H23FN6O/c1-22-6-2-3-15(26-22)9-14(20(22)23)10-16-12-25-21(28-27-16)18-5-4-17(11-19(18)30)29-8-7-24-13-29/h4-5,7-8,10-13,15,20,26,30H,2-3,6,9H2,1H3/b14-10+/t15-,20-,22+/m1/s1. The van der Waals surface area contributed by atoms with Crippen molar-refractivity contribution < 1.29 is 9.50 Å². The number of nitrogens with zero attached hydrogens (tertiary/aromatic N) is 5. The fourth-order valence-electron chi connectivity index (χ4n) is 4.55. The number of rotatable bonds is 3. The Kier molecular flexibility index (Phi) is 4.58. The summed E-state index contributed by atoms with van der Waals surface area (Å²) >= 11 is 0. The van der Waals surface area contributed by atoms with Gasteiger partial charge < -0.3 is 15.0 Å². The highest BCUT2D eigenvalue weighted by molar-refractivity contribution is 5.66. The lowest BCUT2D eigenvalue weighted by Gasteiger charge is -2.47. The lowest BCUT2D eigenvalue weighted by Crippen LogP contribution is -2.61. The molecule has 2 N–H and O–H groups in total. The van der Waals surface area contributed by atoms with Gasteiger partial charge in [0, 0.05) is 24.5 Å². The Bertz CT molecular complexity index is 1080. The van der Waals surface area contributed by atoms with Crippen molar-refractivity contribution in [2.45, 2.75) is 50.4 Å². The van der Waals surface area contributed by atoms with E-state index in [1.165, 1.54) is 0 Å². The Morgan fingerprint density at radius 3 is 2.97 bits per heavy atom. The SMILES string of the molecule is C[C@]12CCC[C@H](C/C(=C\c3cnc(-c4ccc(-n5ccnc5)cc4O)nn3)[C@H]1F)N2. The number of hydrogen-bond acceptors (Lipinski definition) is 6. The molecule has 0 saturated carbocycles. The molecule has 154 valence electrons. The summed E-state index contributed by atoms with van der Waals surface area (Å²) in [6, 6.07) is 5.52. The summed E-state index contributed by atoms with van der Waals surface area (Å²) in [5, 5.41) is 22.2. The van der Waals surface area contributed by atoms with Crippen LogP contribution in [0, 0.1) is 0 Å². The van der Waals surface area contributed by atoms with Crippen molar-refractivity contribution in [3.8, 4) is 22.8 Å². The predicted octanol–water partition coefficient (Wildman–Crippen LogP) is 3.46. The third-order valence-electron chi connectivity index (χ3n) is 6.09. The molecule has 2 aliphatic rings. The van der Waals surface area contributed by atoms with Gasteiger partial charge in [-0.2, -0.15) is 0 Å². The van der Waals surface area contributed by atoms with Crippen LogP contribution in [-0.4, -0.2) is 47.6 Å². The van der Waals surface area contributed by atoms with Crippen molar-refractivity contribution in [2.75, 3.05) is 0 Å². The minimum atomic E-state index is -1.05. The lowest BCUT2D eigenvalue weighted by molar-refractivity contribution is 0.0993. The number of fused-ring (bicyclic) bond motifs is 2. The van der Waals surface area contributed by atoms with Gasteiger partial charge in [-0.1, -0.05) is 0 Å². The fourth-order valence-corrected chi connectivity index (χ4v) is 4.55. The molecule has 0 aliphatic carbocycles. The van der Waals surface area contributed by atoms with E-state index in [1.54, 1.807) is 47.7 Å². The van der Waals surface area contributed by atoms with Gasteiger partial charge in [-0.3, -0.25) is 0 Å². The normalized spacial score (nSPS) is 27.3. The van der Waals surface area contributed by atoms with Crippen LogP contribution in [0.5, 0.6) is 5.75 Å². The minimum absolute atomic E-state index is 0.0528. The molecule has 7 nitrogen and oxygen atoms in total. The van der Waals surface area contributed by atoms with E-state index in [0.717, 1.165) is 30.5 Å². The number of phenols is 1. The molecule has 1 aromatic carbocycles. The molecule has 0 amide bonds. The van der Waals surface area contributed by atoms with Crippen LogP contribution < -0.4 is 5.32 Å². The number of imidazole rings is 1. The zero-order chi connectivity index (χ0) is 20.7. The number of aromatic nitrogens is 5. The average Bonchev–Trinajstić information content (AvgIpc) is 3.28. The molecule has 4 heterocycles. The predicted molar refractivity (Wildman–Crippen MR) is 111 cm³/mol. The fraction of sp³-hybridized carbons (Fsp3) is 0.364. The zero-order valence-corrected chi connectivity index (χ0v) is 16.7. The molecular formula is C22H23FN6O. The molecule has 0 unspecified atom stereocenters. The van der Waals surface area contributed by atoms with Crippen LogP contribution in [0.25, 0.3) is 23.2 Å². The number of alkyl halides is 1. The van der Waals surface area contributed by atoms with Crippen molar-refractivity contribution in [2.24, 2.45) is 0 Å². The van der Waals surface area contributed by atoms with Crippen LogP contribution in [0.1, 0.15) is 38.3 Å². The van der Waals surface area contributed by atoms with Crippen LogP contribution in [0.3, 0.4) is 0 Å². The van der Waals surface area contributed by atoms with Crippen LogP contribution in [0.2, 0.25) is 0 Å². The van der Waals surface area contributed by atoms with Crippen molar-refractivity contribution in [1.82, 2.24) is 30.0 Å². The molecule has 2 aliphatic heterocycles. The lowest BCUT2D eigenvalue weighted by atomic mass is 9.74. The molecule has 0 spiro atoms. The van der Waals surface area contributed by atoms with Crippen LogP contribution in [0.4, 0.5) is 4.39 Å². The van der Waals surface area contributed by atoms with Gasteiger partial charge in [-0.25, -0.2) is 14.4 Å². The summed E-state index contributed by atoms with van der Waals surface area (Å²) in [6.45, 7) is 1.96. The molecule has 2 aromatic heterocycles. The number of benzene rings is 1. The molecule has 2 saturated heterocycles. The summed E-state index contributed by atoms with van der Waals surface area (Å²) in [7, 11) is 0. The molecule has 5 rings (SSSR count). The zero-order valence-electron chi connectivity index (χ0n) is 16.7. The second-order valence-electron chi connectivity index (χ2n) is 8.31. The third kappa shape index (κ3) is 3.37. The quantitative estimate of drug-likeness (QED) is 0.693. The van der Waals surface area contributed by atoms with E-state index in [9.17, 15) is 5.11 Å². The maximum absolute atomic E-state index is 15.1. The van der Waals surface area contributed by atoms with Crippen LogP contribution in [0.15, 0.2) is 48.7 Å². The summed E-state index contributed by atoms with van der Waals surface area (Å²) < 4.78 is 16.9. The van der Waals surface area contributed by atoms with Crippen molar-refractivity contribution in [3.63, 3.8) is 0 Å². The van der Waals surface area contributed by atoms with Crippen molar-refractivity contribution >= 4 is 6.08 Å². The first-order valence-electron chi connectivity index (χ1n) is 10.2. The molecule has 30 heavy (non-hydrogen) atoms. The highest BCUT2D eigenvalue weighted by Crippen LogP contribution is 2.39. The molecular weight excluding hydrogens is 383 g/mol. The molecule has 2 bridgehead atoms. The first kappa shape index (κ1) is 18.9. The summed E-state index contributed by atoms with van der Waals surface area (Å²) in [5.41, 5.74) is 2.03. The van der Waals surface area contributed by atoms with E-state index < -0.39 is 11.7 Å². The van der Waals surface area contributed by atoms with Gasteiger partial charge in [0.2, 0.25) is 0 Å². The highest BCUT2D eigenvalue weighted by atomic mass is 19.1. The average molecular weight is 406 g/mol. The van der Waals surface area contributed by atoms with Gasteiger partial charge in [0.1, 0.15) is 17.6 Å². The molecule has 3 atom stereocenters. The van der Waals surface area contributed by atoms with Gasteiger partial charge in [0.15, 0.2) is 5.82 Å². The van der Waals surface area contributed by atoms with Crippen LogP contribution in [-0.2, 0) is 0 Å². The van der Waals surface area contributed by atoms with Gasteiger partial charge in [0.25, 0.3) is 0 Å². The van der Waals surface area contributed by atoms with Gasteiger partial charge in [0.05, 0.1) is 29.3 Å².